The van der Waals surface area contributed by atoms with Crippen LogP contribution >= 0.6 is 0 Å². The van der Waals surface area contributed by atoms with Crippen LogP contribution < -0.4 is 15.6 Å². The van der Waals surface area contributed by atoms with Gasteiger partial charge in [0.25, 0.3) is 5.56 Å². The van der Waals surface area contributed by atoms with Crippen LogP contribution in [-0.4, -0.2) is 48.0 Å². The predicted molar refractivity (Wildman–Crippen MR) is 148 cm³/mol. The molecule has 202 valence electrons. The lowest BCUT2D eigenvalue weighted by Gasteiger charge is -2.17. The number of hydrogen-bond donors (Lipinski definition) is 2. The summed E-state index contributed by atoms with van der Waals surface area (Å²) < 4.78 is 12.0. The maximum absolute atomic E-state index is 13.0. The zero-order chi connectivity index (χ0) is 27.5. The number of rotatable bonds is 13. The van der Waals surface area contributed by atoms with E-state index in [1.54, 1.807) is 18.7 Å². The third-order valence-electron chi connectivity index (χ3n) is 5.12. The maximum atomic E-state index is 13.0. The highest BCUT2D eigenvalue weighted by atomic mass is 16.5. The lowest BCUT2D eigenvalue weighted by atomic mass is 10.1. The van der Waals surface area contributed by atoms with Gasteiger partial charge in [0.15, 0.2) is 0 Å². The Kier molecular flexibility index (Phi) is 17.4. The predicted octanol–water partition coefficient (Wildman–Crippen LogP) is 5.44. The Labute approximate surface area is 216 Å². The fourth-order valence-electron chi connectivity index (χ4n) is 3.26. The number of carbonyl (C=O) groups is 1. The molecule has 0 saturated heterocycles. The molecule has 0 saturated carbocycles. The number of ether oxygens (including phenoxy) is 2. The van der Waals surface area contributed by atoms with E-state index in [-0.39, 0.29) is 12.0 Å². The molecular weight excluding hydrogens is 458 g/mol. The number of benzene rings is 1. The first-order valence-electron chi connectivity index (χ1n) is 12.7. The number of aliphatic carboxylic acids is 1. The monoisotopic (exact) mass is 503 g/mol. The van der Waals surface area contributed by atoms with Crippen molar-refractivity contribution >= 4 is 17.2 Å². The summed E-state index contributed by atoms with van der Waals surface area (Å²) >= 11 is 0. The number of nitrogens with zero attached hydrogens (tertiary/aromatic N) is 2. The average Bonchev–Trinajstić information content (AvgIpc) is 2.90. The second-order valence-electron chi connectivity index (χ2n) is 7.63. The van der Waals surface area contributed by atoms with Crippen LogP contribution in [0.4, 0.5) is 5.69 Å². The van der Waals surface area contributed by atoms with Crippen molar-refractivity contribution in [2.45, 2.75) is 73.3 Å². The molecule has 0 atom stereocenters. The number of allylic oxidation sites excluding steroid dienone is 1. The highest BCUT2D eigenvalue weighted by molar-refractivity contribution is 5.71. The zero-order valence-electron chi connectivity index (χ0n) is 23.1. The molecule has 0 fully saturated rings. The van der Waals surface area contributed by atoms with Crippen LogP contribution in [-0.2, 0) is 28.9 Å². The molecule has 0 aliphatic carbocycles. The van der Waals surface area contributed by atoms with E-state index in [9.17, 15) is 9.59 Å². The van der Waals surface area contributed by atoms with Crippen molar-refractivity contribution in [1.82, 2.24) is 9.55 Å². The molecule has 2 N–H and O–H groups in total. The summed E-state index contributed by atoms with van der Waals surface area (Å²) in [5.41, 5.74) is 2.80. The van der Waals surface area contributed by atoms with Crippen LogP contribution in [0, 0.1) is 0 Å². The third-order valence-corrected chi connectivity index (χ3v) is 5.12. The van der Waals surface area contributed by atoms with E-state index in [2.05, 4.69) is 23.6 Å². The molecule has 1 aromatic carbocycles. The van der Waals surface area contributed by atoms with E-state index < -0.39 is 5.97 Å². The molecule has 0 amide bonds. The van der Waals surface area contributed by atoms with Gasteiger partial charge in [-0.1, -0.05) is 52.8 Å². The summed E-state index contributed by atoms with van der Waals surface area (Å²) in [6.07, 6.45) is 2.95. The number of hydrogen-bond acceptors (Lipinski definition) is 6. The van der Waals surface area contributed by atoms with Crippen molar-refractivity contribution in [3.8, 4) is 5.75 Å². The highest BCUT2D eigenvalue weighted by Gasteiger charge is 2.16. The van der Waals surface area contributed by atoms with Crippen LogP contribution in [0.2, 0.25) is 0 Å². The third kappa shape index (κ3) is 11.1. The fraction of sp³-hybridized carbons (Fsp3) is 0.536. The number of carboxylic acid groups (broad SMARTS) is 1. The van der Waals surface area contributed by atoms with E-state index in [4.69, 9.17) is 14.8 Å². The van der Waals surface area contributed by atoms with Gasteiger partial charge in [-0.3, -0.25) is 14.2 Å². The second kappa shape index (κ2) is 19.1. The van der Waals surface area contributed by atoms with E-state index in [1.165, 1.54) is 0 Å². The lowest BCUT2D eigenvalue weighted by molar-refractivity contribution is -0.136. The summed E-state index contributed by atoms with van der Waals surface area (Å²) in [6.45, 7) is 15.6. The molecule has 2 aromatic rings. The highest BCUT2D eigenvalue weighted by Crippen LogP contribution is 2.22. The Morgan fingerprint density at radius 1 is 1.14 bits per heavy atom. The van der Waals surface area contributed by atoms with Gasteiger partial charge in [0, 0.05) is 33.6 Å². The van der Waals surface area contributed by atoms with Crippen LogP contribution in [0.3, 0.4) is 0 Å². The van der Waals surface area contributed by atoms with Gasteiger partial charge >= 0.3 is 5.97 Å². The molecule has 8 nitrogen and oxygen atoms in total. The molecule has 8 heteroatoms. The fourth-order valence-corrected chi connectivity index (χ4v) is 3.26. The van der Waals surface area contributed by atoms with Crippen molar-refractivity contribution in [3.05, 3.63) is 58.3 Å². The van der Waals surface area contributed by atoms with E-state index in [0.717, 1.165) is 30.6 Å². The number of anilines is 1. The molecule has 0 bridgehead atoms. The first-order chi connectivity index (χ1) is 17.3. The Morgan fingerprint density at radius 3 is 2.22 bits per heavy atom. The van der Waals surface area contributed by atoms with Gasteiger partial charge in [0.2, 0.25) is 0 Å². The van der Waals surface area contributed by atoms with E-state index in [1.807, 2.05) is 52.0 Å². The van der Waals surface area contributed by atoms with Crippen LogP contribution in [0.25, 0.3) is 5.57 Å². The van der Waals surface area contributed by atoms with Gasteiger partial charge in [0.1, 0.15) is 23.9 Å². The Hall–Kier alpha value is -3.13. The largest absolute Gasteiger partial charge is 0.492 e. The van der Waals surface area contributed by atoms with Gasteiger partial charge in [-0.2, -0.15) is 0 Å². The van der Waals surface area contributed by atoms with Gasteiger partial charge in [-0.05, 0) is 43.0 Å². The Morgan fingerprint density at radius 2 is 1.75 bits per heavy atom. The van der Waals surface area contributed by atoms with Crippen LogP contribution in [0.1, 0.15) is 71.0 Å². The molecule has 0 radical (unpaired) electrons. The molecule has 2 rings (SSSR count). The van der Waals surface area contributed by atoms with Crippen molar-refractivity contribution in [2.24, 2.45) is 0 Å². The second-order valence-corrected chi connectivity index (χ2v) is 7.63. The van der Waals surface area contributed by atoms with Gasteiger partial charge in [-0.15, -0.1) is 0 Å². The van der Waals surface area contributed by atoms with Crippen LogP contribution in [0.5, 0.6) is 5.75 Å². The average molecular weight is 504 g/mol. The summed E-state index contributed by atoms with van der Waals surface area (Å²) in [5, 5.41) is 11.8. The number of aromatic nitrogens is 2. The number of methoxy groups -OCH3 is 1. The van der Waals surface area contributed by atoms with E-state index >= 15 is 0 Å². The summed E-state index contributed by atoms with van der Waals surface area (Å²) in [4.78, 5) is 28.4. The van der Waals surface area contributed by atoms with Gasteiger partial charge in [0.05, 0.1) is 12.2 Å². The molecule has 0 unspecified atom stereocenters. The minimum atomic E-state index is -0.814. The quantitative estimate of drug-likeness (QED) is 0.375. The Bertz CT molecular complexity index is 966. The Balaban J connectivity index is 0.00000185. The topological polar surface area (TPSA) is 103 Å². The molecule has 0 spiro atoms. The molecule has 36 heavy (non-hydrogen) atoms. The summed E-state index contributed by atoms with van der Waals surface area (Å²) in [7, 11) is 3.40. The number of carboxylic acids is 1. The van der Waals surface area contributed by atoms with Gasteiger partial charge < -0.3 is 19.9 Å². The number of nitrogens with one attached hydrogen (secondary N) is 1. The van der Waals surface area contributed by atoms with Gasteiger partial charge in [-0.25, -0.2) is 4.98 Å². The van der Waals surface area contributed by atoms with Crippen molar-refractivity contribution in [3.63, 3.8) is 0 Å². The first-order valence-corrected chi connectivity index (χ1v) is 12.7. The summed E-state index contributed by atoms with van der Waals surface area (Å²) in [6, 6.07) is 7.35. The van der Waals surface area contributed by atoms with Crippen LogP contribution in [0.15, 0.2) is 35.6 Å². The normalized spacial score (nSPS) is 9.86. The molecule has 0 aliphatic rings. The van der Waals surface area contributed by atoms with Crippen molar-refractivity contribution in [1.29, 1.82) is 0 Å². The molecular formula is C28H45N3O5. The standard InChI is InChI=1S/C23H31N3O4.C3H8O.C2H6/c1-5-7-16(3)21-22(24-4)23(29)26(19(6-2)25-21)14-15-30-18-11-8-17(9-12-18)10-13-20(27)28;1-3-4-2;1-2/h8-9,11-12,24H,3,5-7,10,13-15H2,1-2,4H3,(H,27,28);3H2,1-2H3;1-2H3. The molecule has 0 aliphatic heterocycles. The molecule has 1 heterocycles. The van der Waals surface area contributed by atoms with Crippen molar-refractivity contribution in [2.75, 3.05) is 32.7 Å². The first kappa shape index (κ1) is 32.9. The zero-order valence-corrected chi connectivity index (χ0v) is 23.1. The minimum absolute atomic E-state index is 0.102. The smallest absolute Gasteiger partial charge is 0.303 e. The lowest BCUT2D eigenvalue weighted by Crippen LogP contribution is -2.30. The SMILES string of the molecule is C=C(CCC)c1nc(CC)n(CCOc2ccc(CCC(=O)O)cc2)c(=O)c1NC.CC.CCOC. The minimum Gasteiger partial charge on any atom is -0.492 e. The molecule has 1 aromatic heterocycles. The van der Waals surface area contributed by atoms with E-state index in [0.29, 0.717) is 48.9 Å². The maximum Gasteiger partial charge on any atom is 0.303 e. The number of aryl methyl sites for hydroxylation is 2. The van der Waals surface area contributed by atoms with Crippen molar-refractivity contribution < 1.29 is 19.4 Å². The summed E-state index contributed by atoms with van der Waals surface area (Å²) in [5.74, 6) is 0.570.